The summed E-state index contributed by atoms with van der Waals surface area (Å²) in [5.41, 5.74) is -0.496. The minimum absolute atomic E-state index is 0.0754. The predicted molar refractivity (Wildman–Crippen MR) is 64.7 cm³/mol. The lowest BCUT2D eigenvalue weighted by Gasteiger charge is -2.29. The highest BCUT2D eigenvalue weighted by Gasteiger charge is 2.28. The van der Waals surface area contributed by atoms with Gasteiger partial charge in [-0.05, 0) is 32.9 Å². The van der Waals surface area contributed by atoms with Gasteiger partial charge in [0.2, 0.25) is 0 Å². The van der Waals surface area contributed by atoms with Gasteiger partial charge in [0.25, 0.3) is 0 Å². The minimum atomic E-state index is -0.496. The van der Waals surface area contributed by atoms with Crippen molar-refractivity contribution < 1.29 is 14.3 Å². The van der Waals surface area contributed by atoms with Crippen LogP contribution in [0.4, 0.5) is 4.79 Å². The number of ether oxygens (including phenoxy) is 1. The average molecular weight is 245 g/mol. The molecule has 16 heavy (non-hydrogen) atoms. The summed E-state index contributed by atoms with van der Waals surface area (Å²) in [5.74, 6) is 1.67. The lowest BCUT2D eigenvalue weighted by Crippen LogP contribution is -2.46. The standard InChI is InChI=1S/C11H19NO3S/c1-11(2,3)15-10(14)12-9-4-5-16-7-8(9)6-13/h6,8-9H,4-5,7H2,1-3H3,(H,12,14)/t8-,9-/m1/s1. The molecule has 0 spiro atoms. The van der Waals surface area contributed by atoms with Crippen molar-refractivity contribution in [3.8, 4) is 0 Å². The van der Waals surface area contributed by atoms with Crippen molar-refractivity contribution in [3.63, 3.8) is 0 Å². The monoisotopic (exact) mass is 245 g/mol. The largest absolute Gasteiger partial charge is 0.444 e. The molecule has 0 radical (unpaired) electrons. The molecule has 4 nitrogen and oxygen atoms in total. The molecule has 1 saturated heterocycles. The Morgan fingerprint density at radius 1 is 1.50 bits per heavy atom. The summed E-state index contributed by atoms with van der Waals surface area (Å²) in [6, 6.07) is -0.0754. The summed E-state index contributed by atoms with van der Waals surface area (Å²) in [6.07, 6.45) is 1.32. The van der Waals surface area contributed by atoms with Gasteiger partial charge in [-0.15, -0.1) is 0 Å². The first-order chi connectivity index (χ1) is 7.42. The number of carbonyl (C=O) groups is 2. The molecule has 1 N–H and O–H groups in total. The number of alkyl carbamates (subject to hydrolysis) is 1. The van der Waals surface area contributed by atoms with Gasteiger partial charge < -0.3 is 14.8 Å². The third-order valence-electron chi connectivity index (χ3n) is 2.28. The van der Waals surface area contributed by atoms with E-state index in [1.807, 2.05) is 20.8 Å². The number of nitrogens with one attached hydrogen (secondary N) is 1. The Kier molecular flexibility index (Phi) is 4.65. The predicted octanol–water partition coefficient (Wildman–Crippen LogP) is 1.83. The zero-order valence-electron chi connectivity index (χ0n) is 9.99. The zero-order chi connectivity index (χ0) is 12.2. The van der Waals surface area contributed by atoms with Gasteiger partial charge in [-0.1, -0.05) is 0 Å². The Labute approximate surface area is 100 Å². The van der Waals surface area contributed by atoms with Crippen molar-refractivity contribution in [2.75, 3.05) is 11.5 Å². The summed E-state index contributed by atoms with van der Waals surface area (Å²) in [7, 11) is 0. The van der Waals surface area contributed by atoms with E-state index >= 15 is 0 Å². The SMILES string of the molecule is CC(C)(C)OC(=O)N[C@@H]1CCSC[C@H]1C=O. The maximum absolute atomic E-state index is 11.5. The Hall–Kier alpha value is -0.710. The zero-order valence-corrected chi connectivity index (χ0v) is 10.8. The lowest BCUT2D eigenvalue weighted by atomic mass is 10.0. The highest BCUT2D eigenvalue weighted by molar-refractivity contribution is 7.99. The summed E-state index contributed by atoms with van der Waals surface area (Å²) >= 11 is 1.75. The second-order valence-electron chi connectivity index (χ2n) is 4.92. The number of rotatable bonds is 2. The highest BCUT2D eigenvalue weighted by Crippen LogP contribution is 2.22. The Bertz CT molecular complexity index is 262. The topological polar surface area (TPSA) is 55.4 Å². The van der Waals surface area contributed by atoms with E-state index in [2.05, 4.69) is 5.32 Å². The van der Waals surface area contributed by atoms with Crippen LogP contribution in [0.15, 0.2) is 0 Å². The fraction of sp³-hybridized carbons (Fsp3) is 0.818. The quantitative estimate of drug-likeness (QED) is 0.754. The van der Waals surface area contributed by atoms with E-state index in [-0.39, 0.29) is 12.0 Å². The van der Waals surface area contributed by atoms with E-state index in [0.717, 1.165) is 24.2 Å². The summed E-state index contributed by atoms with van der Waals surface area (Å²) in [4.78, 5) is 22.4. The molecule has 1 aliphatic rings. The molecule has 0 unspecified atom stereocenters. The molecule has 1 rings (SSSR count). The third-order valence-corrected chi connectivity index (χ3v) is 3.42. The maximum Gasteiger partial charge on any atom is 0.407 e. The first-order valence-corrected chi connectivity index (χ1v) is 6.60. The van der Waals surface area contributed by atoms with Gasteiger partial charge in [-0.3, -0.25) is 0 Å². The fourth-order valence-electron chi connectivity index (χ4n) is 1.53. The van der Waals surface area contributed by atoms with Crippen molar-refractivity contribution in [2.45, 2.75) is 38.8 Å². The third kappa shape index (κ3) is 4.43. The van der Waals surface area contributed by atoms with Crippen LogP contribution in [0.3, 0.4) is 0 Å². The Morgan fingerprint density at radius 2 is 2.19 bits per heavy atom. The maximum atomic E-state index is 11.5. The van der Waals surface area contributed by atoms with Crippen molar-refractivity contribution >= 4 is 24.1 Å². The van der Waals surface area contributed by atoms with E-state index in [4.69, 9.17) is 4.74 Å². The molecule has 1 heterocycles. The molecule has 0 aromatic rings. The van der Waals surface area contributed by atoms with Gasteiger partial charge in [0.1, 0.15) is 11.9 Å². The number of hydrogen-bond acceptors (Lipinski definition) is 4. The van der Waals surface area contributed by atoms with Gasteiger partial charge in [0.15, 0.2) is 0 Å². The van der Waals surface area contributed by atoms with Crippen molar-refractivity contribution in [3.05, 3.63) is 0 Å². The Morgan fingerprint density at radius 3 is 2.75 bits per heavy atom. The normalized spacial score (nSPS) is 25.9. The Balaban J connectivity index is 2.45. The molecule has 1 aliphatic heterocycles. The molecular formula is C11H19NO3S. The first-order valence-electron chi connectivity index (χ1n) is 5.45. The molecule has 92 valence electrons. The van der Waals surface area contributed by atoms with Crippen LogP contribution in [0.1, 0.15) is 27.2 Å². The second-order valence-corrected chi connectivity index (χ2v) is 6.07. The van der Waals surface area contributed by atoms with Crippen LogP contribution in [0.25, 0.3) is 0 Å². The smallest absolute Gasteiger partial charge is 0.407 e. The van der Waals surface area contributed by atoms with Crippen LogP contribution < -0.4 is 5.32 Å². The van der Waals surface area contributed by atoms with Crippen molar-refractivity contribution in [1.82, 2.24) is 5.32 Å². The number of amides is 1. The molecule has 0 bridgehead atoms. The second kappa shape index (κ2) is 5.57. The van der Waals surface area contributed by atoms with Gasteiger partial charge >= 0.3 is 6.09 Å². The molecule has 0 saturated carbocycles. The number of thioether (sulfide) groups is 1. The highest BCUT2D eigenvalue weighted by atomic mass is 32.2. The van der Waals surface area contributed by atoms with E-state index in [1.165, 1.54) is 0 Å². The van der Waals surface area contributed by atoms with Crippen LogP contribution in [-0.4, -0.2) is 35.5 Å². The van der Waals surface area contributed by atoms with E-state index < -0.39 is 11.7 Å². The molecular weight excluding hydrogens is 226 g/mol. The number of aldehydes is 1. The number of carbonyl (C=O) groups excluding carboxylic acids is 2. The van der Waals surface area contributed by atoms with Gasteiger partial charge in [0, 0.05) is 17.7 Å². The molecule has 0 aromatic carbocycles. The van der Waals surface area contributed by atoms with Crippen molar-refractivity contribution in [1.29, 1.82) is 0 Å². The number of hydrogen-bond donors (Lipinski definition) is 1. The fourth-order valence-corrected chi connectivity index (χ4v) is 2.70. The van der Waals surface area contributed by atoms with Crippen LogP contribution in [-0.2, 0) is 9.53 Å². The van der Waals surface area contributed by atoms with Gasteiger partial charge in [0.05, 0.1) is 0 Å². The van der Waals surface area contributed by atoms with Crippen LogP contribution >= 0.6 is 11.8 Å². The molecule has 1 fully saturated rings. The van der Waals surface area contributed by atoms with Crippen LogP contribution in [0.5, 0.6) is 0 Å². The molecule has 2 atom stereocenters. The van der Waals surface area contributed by atoms with Crippen LogP contribution in [0, 0.1) is 5.92 Å². The lowest BCUT2D eigenvalue weighted by molar-refractivity contribution is -0.111. The van der Waals surface area contributed by atoms with Gasteiger partial charge in [-0.2, -0.15) is 11.8 Å². The summed E-state index contributed by atoms with van der Waals surface area (Å²) < 4.78 is 5.16. The molecule has 0 aliphatic carbocycles. The molecule has 0 aromatic heterocycles. The average Bonchev–Trinajstić information content (AvgIpc) is 2.15. The van der Waals surface area contributed by atoms with Gasteiger partial charge in [-0.25, -0.2) is 4.79 Å². The first kappa shape index (κ1) is 13.4. The summed E-state index contributed by atoms with van der Waals surface area (Å²) in [5, 5.41) is 2.77. The molecule has 5 heteroatoms. The van der Waals surface area contributed by atoms with Crippen LogP contribution in [0.2, 0.25) is 0 Å². The van der Waals surface area contributed by atoms with E-state index in [1.54, 1.807) is 11.8 Å². The minimum Gasteiger partial charge on any atom is -0.444 e. The van der Waals surface area contributed by atoms with Crippen molar-refractivity contribution in [2.24, 2.45) is 5.92 Å². The van der Waals surface area contributed by atoms with E-state index in [0.29, 0.717) is 0 Å². The molecule has 1 amide bonds. The summed E-state index contributed by atoms with van der Waals surface area (Å²) in [6.45, 7) is 5.46. The van der Waals surface area contributed by atoms with E-state index in [9.17, 15) is 9.59 Å².